The lowest BCUT2D eigenvalue weighted by molar-refractivity contribution is 0.253. The van der Waals surface area contributed by atoms with Crippen molar-refractivity contribution in [2.75, 3.05) is 39.1 Å². The van der Waals surface area contributed by atoms with Gasteiger partial charge >= 0.3 is 0 Å². The van der Waals surface area contributed by atoms with Crippen LogP contribution in [0.15, 0.2) is 29.1 Å². The van der Waals surface area contributed by atoms with Gasteiger partial charge in [-0.3, -0.25) is 4.79 Å². The number of benzene rings is 1. The molecule has 1 saturated heterocycles. The lowest BCUT2D eigenvalue weighted by Gasteiger charge is -2.29. The Kier molecular flexibility index (Phi) is 3.72. The van der Waals surface area contributed by atoms with Gasteiger partial charge in [0.2, 0.25) is 0 Å². The van der Waals surface area contributed by atoms with Gasteiger partial charge in [-0.1, -0.05) is 6.07 Å². The second-order valence-corrected chi connectivity index (χ2v) is 6.26. The normalized spacial score (nSPS) is 17.3. The first-order chi connectivity index (χ1) is 10.1. The van der Waals surface area contributed by atoms with Crippen LogP contribution in [-0.4, -0.2) is 44.1 Å². The SMILES string of the molecule is CN1CCC(c2cc3c(N(C)C)cccc3c(=O)[nH]2)CC1. The van der Waals surface area contributed by atoms with Crippen LogP contribution in [0.1, 0.15) is 24.5 Å². The third-order valence-corrected chi connectivity index (χ3v) is 4.53. The maximum atomic E-state index is 12.4. The Hall–Kier alpha value is -1.81. The third-order valence-electron chi connectivity index (χ3n) is 4.53. The largest absolute Gasteiger partial charge is 0.377 e. The molecule has 1 aromatic heterocycles. The molecular formula is C17H23N3O. The first-order valence-corrected chi connectivity index (χ1v) is 7.58. The van der Waals surface area contributed by atoms with Crippen molar-refractivity contribution in [3.63, 3.8) is 0 Å². The van der Waals surface area contributed by atoms with Crippen molar-refractivity contribution in [2.24, 2.45) is 0 Å². The minimum Gasteiger partial charge on any atom is -0.377 e. The Balaban J connectivity index is 2.09. The summed E-state index contributed by atoms with van der Waals surface area (Å²) >= 11 is 0. The molecule has 2 aromatic rings. The number of aromatic amines is 1. The summed E-state index contributed by atoms with van der Waals surface area (Å²) in [5.41, 5.74) is 2.23. The molecule has 0 aliphatic carbocycles. The summed E-state index contributed by atoms with van der Waals surface area (Å²) < 4.78 is 0. The van der Waals surface area contributed by atoms with Crippen molar-refractivity contribution in [3.8, 4) is 0 Å². The van der Waals surface area contributed by atoms with Crippen LogP contribution >= 0.6 is 0 Å². The van der Waals surface area contributed by atoms with E-state index >= 15 is 0 Å². The number of nitrogens with one attached hydrogen (secondary N) is 1. The van der Waals surface area contributed by atoms with Gasteiger partial charge in [0.15, 0.2) is 0 Å². The zero-order valence-corrected chi connectivity index (χ0v) is 13.0. The molecule has 0 saturated carbocycles. The molecular weight excluding hydrogens is 262 g/mol. The van der Waals surface area contributed by atoms with Gasteiger partial charge in [-0.25, -0.2) is 0 Å². The van der Waals surface area contributed by atoms with Crippen LogP contribution in [0.25, 0.3) is 10.8 Å². The lowest BCUT2D eigenvalue weighted by atomic mass is 9.92. The van der Waals surface area contributed by atoms with Crippen LogP contribution in [0.3, 0.4) is 0 Å². The molecule has 0 unspecified atom stereocenters. The maximum absolute atomic E-state index is 12.4. The number of pyridine rings is 1. The van der Waals surface area contributed by atoms with Gasteiger partial charge in [-0.15, -0.1) is 0 Å². The molecule has 1 aliphatic heterocycles. The topological polar surface area (TPSA) is 39.3 Å². The smallest absolute Gasteiger partial charge is 0.256 e. The predicted octanol–water partition coefficient (Wildman–Crippen LogP) is 2.40. The number of piperidine rings is 1. The van der Waals surface area contributed by atoms with Gasteiger partial charge < -0.3 is 14.8 Å². The Bertz CT molecular complexity index is 697. The Morgan fingerprint density at radius 1 is 1.19 bits per heavy atom. The number of anilines is 1. The summed E-state index contributed by atoms with van der Waals surface area (Å²) in [6.07, 6.45) is 2.23. The molecule has 0 bridgehead atoms. The van der Waals surface area contributed by atoms with E-state index in [1.165, 1.54) is 0 Å². The number of hydrogen-bond donors (Lipinski definition) is 1. The minimum absolute atomic E-state index is 0.0325. The maximum Gasteiger partial charge on any atom is 0.256 e. The summed E-state index contributed by atoms with van der Waals surface area (Å²) in [6.45, 7) is 2.19. The van der Waals surface area contributed by atoms with Crippen LogP contribution in [0.5, 0.6) is 0 Å². The number of hydrogen-bond acceptors (Lipinski definition) is 3. The lowest BCUT2D eigenvalue weighted by Crippen LogP contribution is -2.30. The summed E-state index contributed by atoms with van der Waals surface area (Å²) in [6, 6.07) is 8.10. The van der Waals surface area contributed by atoms with E-state index in [-0.39, 0.29) is 5.56 Å². The van der Waals surface area contributed by atoms with E-state index in [2.05, 4.69) is 34.0 Å². The molecule has 112 valence electrons. The Morgan fingerprint density at radius 3 is 2.57 bits per heavy atom. The zero-order valence-electron chi connectivity index (χ0n) is 13.0. The molecule has 21 heavy (non-hydrogen) atoms. The highest BCUT2D eigenvalue weighted by molar-refractivity contribution is 5.93. The van der Waals surface area contributed by atoms with Crippen molar-refractivity contribution in [2.45, 2.75) is 18.8 Å². The molecule has 2 heterocycles. The monoisotopic (exact) mass is 285 g/mol. The molecule has 4 nitrogen and oxygen atoms in total. The van der Waals surface area contributed by atoms with Crippen LogP contribution in [0, 0.1) is 0 Å². The quantitative estimate of drug-likeness (QED) is 0.921. The Morgan fingerprint density at radius 2 is 1.90 bits per heavy atom. The number of aromatic nitrogens is 1. The number of likely N-dealkylation sites (tertiary alicyclic amines) is 1. The molecule has 1 aliphatic rings. The van der Waals surface area contributed by atoms with Crippen molar-refractivity contribution >= 4 is 16.5 Å². The van der Waals surface area contributed by atoms with Gasteiger partial charge in [0.05, 0.1) is 0 Å². The number of nitrogens with zero attached hydrogens (tertiary/aromatic N) is 2. The van der Waals surface area contributed by atoms with Crippen LogP contribution in [0.2, 0.25) is 0 Å². The van der Waals surface area contributed by atoms with E-state index in [9.17, 15) is 4.79 Å². The summed E-state index contributed by atoms with van der Waals surface area (Å²) in [7, 11) is 6.19. The molecule has 3 rings (SSSR count). The average Bonchev–Trinajstić information content (AvgIpc) is 2.47. The van der Waals surface area contributed by atoms with Crippen molar-refractivity contribution in [1.29, 1.82) is 0 Å². The molecule has 4 heteroatoms. The average molecular weight is 285 g/mol. The third kappa shape index (κ3) is 2.68. The van der Waals surface area contributed by atoms with Gasteiger partial charge in [0.25, 0.3) is 5.56 Å². The first kappa shape index (κ1) is 14.1. The van der Waals surface area contributed by atoms with Crippen molar-refractivity contribution in [1.82, 2.24) is 9.88 Å². The molecule has 0 atom stereocenters. The van der Waals surface area contributed by atoms with Crippen LogP contribution in [-0.2, 0) is 0 Å². The van der Waals surface area contributed by atoms with Crippen LogP contribution in [0.4, 0.5) is 5.69 Å². The molecule has 1 fully saturated rings. The van der Waals surface area contributed by atoms with Crippen LogP contribution < -0.4 is 10.5 Å². The number of rotatable bonds is 2. The summed E-state index contributed by atoms with van der Waals surface area (Å²) in [5.74, 6) is 0.466. The summed E-state index contributed by atoms with van der Waals surface area (Å²) in [5, 5.41) is 1.83. The second-order valence-electron chi connectivity index (χ2n) is 6.26. The van der Waals surface area contributed by atoms with E-state index in [1.807, 2.05) is 26.2 Å². The molecule has 1 aromatic carbocycles. The first-order valence-electron chi connectivity index (χ1n) is 7.58. The Labute approximate surface area is 125 Å². The van der Waals surface area contributed by atoms with E-state index in [4.69, 9.17) is 0 Å². The van der Waals surface area contributed by atoms with Crippen molar-refractivity contribution in [3.05, 3.63) is 40.3 Å². The van der Waals surface area contributed by atoms with Crippen molar-refractivity contribution < 1.29 is 0 Å². The van der Waals surface area contributed by atoms with Gasteiger partial charge in [0.1, 0.15) is 0 Å². The standard InChI is InChI=1S/C17H23N3O/c1-19(2)16-6-4-5-13-14(16)11-15(18-17(13)21)12-7-9-20(3)10-8-12/h4-6,11-12H,7-10H2,1-3H3,(H,18,21). The fourth-order valence-electron chi connectivity index (χ4n) is 3.22. The fourth-order valence-corrected chi connectivity index (χ4v) is 3.22. The molecule has 0 amide bonds. The predicted molar refractivity (Wildman–Crippen MR) is 88.4 cm³/mol. The van der Waals surface area contributed by atoms with Gasteiger partial charge in [-0.2, -0.15) is 0 Å². The van der Waals surface area contributed by atoms with E-state index < -0.39 is 0 Å². The minimum atomic E-state index is 0.0325. The second kappa shape index (κ2) is 5.53. The fraction of sp³-hybridized carbons (Fsp3) is 0.471. The van der Waals surface area contributed by atoms with Gasteiger partial charge in [-0.05, 0) is 51.2 Å². The zero-order chi connectivity index (χ0) is 15.0. The van der Waals surface area contributed by atoms with E-state index in [0.717, 1.165) is 48.1 Å². The number of fused-ring (bicyclic) bond motifs is 1. The molecule has 0 spiro atoms. The molecule has 0 radical (unpaired) electrons. The highest BCUT2D eigenvalue weighted by Crippen LogP contribution is 2.30. The van der Waals surface area contributed by atoms with Gasteiger partial charge in [0, 0.05) is 42.2 Å². The molecule has 1 N–H and O–H groups in total. The number of H-pyrrole nitrogens is 1. The van der Waals surface area contributed by atoms with E-state index in [1.54, 1.807) is 0 Å². The summed E-state index contributed by atoms with van der Waals surface area (Å²) in [4.78, 5) is 19.9. The highest BCUT2D eigenvalue weighted by Gasteiger charge is 2.20. The van der Waals surface area contributed by atoms with E-state index in [0.29, 0.717) is 5.92 Å². The highest BCUT2D eigenvalue weighted by atomic mass is 16.1.